The molecule has 0 bridgehead atoms. The van der Waals surface area contributed by atoms with E-state index in [1.807, 2.05) is 0 Å². The zero-order valence-electron chi connectivity index (χ0n) is 10.6. The molecule has 0 unspecified atom stereocenters. The molecule has 2 aromatic rings. The first-order valence-electron chi connectivity index (χ1n) is 6.12. The highest BCUT2D eigenvalue weighted by atomic mass is 19.3. The molecule has 0 radical (unpaired) electrons. The van der Waals surface area contributed by atoms with Crippen LogP contribution in [0.15, 0.2) is 42.6 Å². The van der Waals surface area contributed by atoms with E-state index in [0.29, 0.717) is 24.0 Å². The molecule has 0 N–H and O–H groups in total. The van der Waals surface area contributed by atoms with Crippen LogP contribution in [0.2, 0.25) is 0 Å². The van der Waals surface area contributed by atoms with Crippen molar-refractivity contribution < 1.29 is 18.3 Å². The van der Waals surface area contributed by atoms with E-state index in [1.54, 1.807) is 30.3 Å². The number of aldehydes is 1. The summed E-state index contributed by atoms with van der Waals surface area (Å²) < 4.78 is 29.0. The SMILES string of the molecule is O=Cc1ccc(CCc2ccccc2OC(F)F)nc1. The largest absolute Gasteiger partial charge is 0.435 e. The van der Waals surface area contributed by atoms with Crippen molar-refractivity contribution in [3.8, 4) is 5.75 Å². The van der Waals surface area contributed by atoms with Gasteiger partial charge in [0.1, 0.15) is 5.75 Å². The Bertz CT molecular complexity index is 570. The standard InChI is InChI=1S/C15H13F2NO2/c16-15(17)20-14-4-2-1-3-12(14)6-8-13-7-5-11(10-19)9-18-13/h1-5,7,9-10,15H,6,8H2. The maximum absolute atomic E-state index is 12.3. The number of benzene rings is 1. The van der Waals surface area contributed by atoms with Crippen molar-refractivity contribution in [1.82, 2.24) is 4.98 Å². The molecule has 0 spiro atoms. The van der Waals surface area contributed by atoms with Gasteiger partial charge in [-0.25, -0.2) is 0 Å². The molecule has 104 valence electrons. The van der Waals surface area contributed by atoms with E-state index < -0.39 is 6.61 Å². The minimum atomic E-state index is -2.83. The van der Waals surface area contributed by atoms with Crippen LogP contribution < -0.4 is 4.74 Å². The van der Waals surface area contributed by atoms with Crippen molar-refractivity contribution in [2.24, 2.45) is 0 Å². The van der Waals surface area contributed by atoms with Crippen LogP contribution in [0.4, 0.5) is 8.78 Å². The monoisotopic (exact) mass is 277 g/mol. The zero-order valence-corrected chi connectivity index (χ0v) is 10.6. The fourth-order valence-electron chi connectivity index (χ4n) is 1.84. The normalized spacial score (nSPS) is 10.6. The highest BCUT2D eigenvalue weighted by molar-refractivity contribution is 5.73. The highest BCUT2D eigenvalue weighted by Gasteiger charge is 2.09. The average Bonchev–Trinajstić information content (AvgIpc) is 2.46. The summed E-state index contributed by atoms with van der Waals surface area (Å²) in [5.74, 6) is 0.187. The average molecular weight is 277 g/mol. The molecule has 20 heavy (non-hydrogen) atoms. The summed E-state index contributed by atoms with van der Waals surface area (Å²) in [4.78, 5) is 14.7. The van der Waals surface area contributed by atoms with E-state index >= 15 is 0 Å². The third-order valence-corrected chi connectivity index (χ3v) is 2.82. The van der Waals surface area contributed by atoms with Crippen molar-refractivity contribution >= 4 is 6.29 Å². The maximum Gasteiger partial charge on any atom is 0.387 e. The number of aromatic nitrogens is 1. The summed E-state index contributed by atoms with van der Waals surface area (Å²) in [5, 5.41) is 0. The summed E-state index contributed by atoms with van der Waals surface area (Å²) in [6.45, 7) is -2.83. The molecule has 5 heteroatoms. The molecule has 2 rings (SSSR count). The van der Waals surface area contributed by atoms with E-state index in [0.717, 1.165) is 12.0 Å². The molecular formula is C15H13F2NO2. The number of carbonyl (C=O) groups excluding carboxylic acids is 1. The minimum absolute atomic E-state index is 0.187. The van der Waals surface area contributed by atoms with Crippen LogP contribution >= 0.6 is 0 Å². The van der Waals surface area contributed by atoms with E-state index in [-0.39, 0.29) is 5.75 Å². The first-order chi connectivity index (χ1) is 9.69. The number of hydrogen-bond acceptors (Lipinski definition) is 3. The van der Waals surface area contributed by atoms with Crippen LogP contribution in [-0.2, 0) is 12.8 Å². The third kappa shape index (κ3) is 3.85. The Balaban J connectivity index is 2.04. The first kappa shape index (κ1) is 14.1. The number of aryl methyl sites for hydroxylation is 2. The number of halogens is 2. The van der Waals surface area contributed by atoms with Crippen molar-refractivity contribution in [2.75, 3.05) is 0 Å². The quantitative estimate of drug-likeness (QED) is 0.761. The van der Waals surface area contributed by atoms with Gasteiger partial charge in [0, 0.05) is 17.5 Å². The summed E-state index contributed by atoms with van der Waals surface area (Å²) in [6.07, 6.45) is 3.34. The van der Waals surface area contributed by atoms with Gasteiger partial charge in [-0.1, -0.05) is 18.2 Å². The van der Waals surface area contributed by atoms with Gasteiger partial charge in [-0.3, -0.25) is 9.78 Å². The number of nitrogens with zero attached hydrogens (tertiary/aromatic N) is 1. The summed E-state index contributed by atoms with van der Waals surface area (Å²) in [6, 6.07) is 10.1. The number of carbonyl (C=O) groups is 1. The molecule has 0 aliphatic heterocycles. The van der Waals surface area contributed by atoms with Gasteiger partial charge in [-0.2, -0.15) is 8.78 Å². The van der Waals surface area contributed by atoms with Crippen LogP contribution in [0.3, 0.4) is 0 Å². The van der Waals surface area contributed by atoms with Gasteiger partial charge in [0.25, 0.3) is 0 Å². The molecule has 0 amide bonds. The number of ether oxygens (including phenoxy) is 1. The predicted molar refractivity (Wildman–Crippen MR) is 70.1 cm³/mol. The van der Waals surface area contributed by atoms with E-state index in [2.05, 4.69) is 9.72 Å². The second-order valence-corrected chi connectivity index (χ2v) is 4.19. The molecule has 3 nitrogen and oxygen atoms in total. The molecule has 0 saturated carbocycles. The fraction of sp³-hybridized carbons (Fsp3) is 0.200. The number of para-hydroxylation sites is 1. The summed E-state index contributed by atoms with van der Waals surface area (Å²) in [5.41, 5.74) is 2.01. The first-order valence-corrected chi connectivity index (χ1v) is 6.12. The number of hydrogen-bond donors (Lipinski definition) is 0. The lowest BCUT2D eigenvalue weighted by Crippen LogP contribution is -2.05. The van der Waals surface area contributed by atoms with E-state index in [1.165, 1.54) is 12.3 Å². The van der Waals surface area contributed by atoms with Gasteiger partial charge in [0.15, 0.2) is 6.29 Å². The molecule has 1 aromatic heterocycles. The second kappa shape index (κ2) is 6.75. The smallest absolute Gasteiger partial charge is 0.387 e. The lowest BCUT2D eigenvalue weighted by molar-refractivity contribution is -0.0504. The highest BCUT2D eigenvalue weighted by Crippen LogP contribution is 2.21. The van der Waals surface area contributed by atoms with Crippen LogP contribution in [0, 0.1) is 0 Å². The molecule has 0 aliphatic carbocycles. The van der Waals surface area contributed by atoms with Crippen molar-refractivity contribution in [2.45, 2.75) is 19.5 Å². The predicted octanol–water partition coefficient (Wildman–Crippen LogP) is 3.28. The molecule has 1 heterocycles. The Kier molecular flexibility index (Phi) is 4.76. The number of alkyl halides is 2. The lowest BCUT2D eigenvalue weighted by atomic mass is 10.1. The van der Waals surface area contributed by atoms with Crippen LogP contribution in [0.5, 0.6) is 5.75 Å². The molecule has 0 saturated heterocycles. The summed E-state index contributed by atoms with van der Waals surface area (Å²) in [7, 11) is 0. The Morgan fingerprint density at radius 1 is 1.15 bits per heavy atom. The maximum atomic E-state index is 12.3. The van der Waals surface area contributed by atoms with Gasteiger partial charge in [-0.05, 0) is 36.6 Å². The molecule has 0 aliphatic rings. The second-order valence-electron chi connectivity index (χ2n) is 4.19. The topological polar surface area (TPSA) is 39.2 Å². The Morgan fingerprint density at radius 2 is 1.95 bits per heavy atom. The summed E-state index contributed by atoms with van der Waals surface area (Å²) >= 11 is 0. The molecule has 1 aromatic carbocycles. The van der Waals surface area contributed by atoms with Crippen LogP contribution in [0.25, 0.3) is 0 Å². The lowest BCUT2D eigenvalue weighted by Gasteiger charge is -2.10. The third-order valence-electron chi connectivity index (χ3n) is 2.82. The molecule has 0 atom stereocenters. The van der Waals surface area contributed by atoms with Crippen LogP contribution in [-0.4, -0.2) is 17.9 Å². The number of pyridine rings is 1. The molecular weight excluding hydrogens is 264 g/mol. The van der Waals surface area contributed by atoms with E-state index in [9.17, 15) is 13.6 Å². The minimum Gasteiger partial charge on any atom is -0.435 e. The number of rotatable bonds is 6. The van der Waals surface area contributed by atoms with Crippen molar-refractivity contribution in [1.29, 1.82) is 0 Å². The van der Waals surface area contributed by atoms with Gasteiger partial charge in [0.05, 0.1) is 0 Å². The van der Waals surface area contributed by atoms with E-state index in [4.69, 9.17) is 0 Å². The van der Waals surface area contributed by atoms with Crippen molar-refractivity contribution in [3.05, 3.63) is 59.4 Å². The van der Waals surface area contributed by atoms with Crippen molar-refractivity contribution in [3.63, 3.8) is 0 Å². The van der Waals surface area contributed by atoms with Gasteiger partial charge in [0.2, 0.25) is 0 Å². The van der Waals surface area contributed by atoms with Gasteiger partial charge >= 0.3 is 6.61 Å². The van der Waals surface area contributed by atoms with Gasteiger partial charge < -0.3 is 4.74 Å². The molecule has 0 fully saturated rings. The van der Waals surface area contributed by atoms with Crippen LogP contribution in [0.1, 0.15) is 21.6 Å². The Labute approximate surface area is 115 Å². The van der Waals surface area contributed by atoms with Gasteiger partial charge in [-0.15, -0.1) is 0 Å². The fourth-order valence-corrected chi connectivity index (χ4v) is 1.84. The Morgan fingerprint density at radius 3 is 2.60 bits per heavy atom. The Hall–Kier alpha value is -2.30. The zero-order chi connectivity index (χ0) is 14.4.